The van der Waals surface area contributed by atoms with Crippen molar-refractivity contribution in [3.05, 3.63) is 88.5 Å². The van der Waals surface area contributed by atoms with Gasteiger partial charge in [0.1, 0.15) is 12.3 Å². The lowest BCUT2D eigenvalue weighted by atomic mass is 10.2. The van der Waals surface area contributed by atoms with Crippen LogP contribution in [0.3, 0.4) is 0 Å². The number of nitrogens with one attached hydrogen (secondary N) is 1. The highest BCUT2D eigenvalue weighted by molar-refractivity contribution is 7.98. The molecule has 1 N–H and O–H groups in total. The number of amides is 1. The minimum absolute atomic E-state index is 0.0189. The van der Waals surface area contributed by atoms with Crippen LogP contribution in [-0.4, -0.2) is 44.9 Å². The van der Waals surface area contributed by atoms with E-state index in [9.17, 15) is 23.3 Å². The molecule has 3 rings (SSSR count). The highest BCUT2D eigenvalue weighted by Crippen LogP contribution is 2.27. The number of hydrogen-bond acceptors (Lipinski definition) is 8. The third kappa shape index (κ3) is 6.61. The van der Waals surface area contributed by atoms with E-state index < -0.39 is 27.4 Å². The second kappa shape index (κ2) is 12.2. The van der Waals surface area contributed by atoms with Crippen molar-refractivity contribution in [2.75, 3.05) is 23.7 Å². The highest BCUT2D eigenvalue weighted by Gasteiger charge is 2.27. The lowest BCUT2D eigenvalue weighted by Crippen LogP contribution is -2.39. The van der Waals surface area contributed by atoms with E-state index in [1.54, 1.807) is 42.5 Å². The van der Waals surface area contributed by atoms with Gasteiger partial charge in [-0.05, 0) is 67.8 Å². The van der Waals surface area contributed by atoms with Crippen LogP contribution in [0.1, 0.15) is 12.5 Å². The van der Waals surface area contributed by atoms with E-state index in [2.05, 4.69) is 10.5 Å². The Morgan fingerprint density at radius 2 is 1.78 bits per heavy atom. The minimum Gasteiger partial charge on any atom is -0.494 e. The predicted octanol–water partition coefficient (Wildman–Crippen LogP) is 4.06. The first-order valence-corrected chi connectivity index (χ1v) is 13.4. The molecular weight excluding hydrogens is 504 g/mol. The van der Waals surface area contributed by atoms with Crippen molar-refractivity contribution in [2.24, 2.45) is 5.10 Å². The Balaban J connectivity index is 1.86. The van der Waals surface area contributed by atoms with Gasteiger partial charge in [-0.15, -0.1) is 11.8 Å². The summed E-state index contributed by atoms with van der Waals surface area (Å²) in [5.41, 5.74) is 2.51. The topological polar surface area (TPSA) is 131 Å². The summed E-state index contributed by atoms with van der Waals surface area (Å²) in [5.74, 6) is -0.176. The number of nitro benzene ring substituents is 1. The number of hydrogen-bond donors (Lipinski definition) is 1. The molecule has 1 amide bonds. The fourth-order valence-corrected chi connectivity index (χ4v) is 5.00. The van der Waals surface area contributed by atoms with E-state index in [1.165, 1.54) is 42.1 Å². The number of nitrogens with zero attached hydrogens (tertiary/aromatic N) is 3. The van der Waals surface area contributed by atoms with Gasteiger partial charge in [-0.25, -0.2) is 13.8 Å². The molecule has 3 aromatic carbocycles. The molecular formula is C24H24N4O6S2. The number of para-hydroxylation sites is 1. The number of sulfonamides is 1. The average molecular weight is 529 g/mol. The van der Waals surface area contributed by atoms with Crippen molar-refractivity contribution in [3.8, 4) is 5.75 Å². The Kier molecular flexibility index (Phi) is 9.03. The van der Waals surface area contributed by atoms with Crippen molar-refractivity contribution < 1.29 is 22.9 Å². The van der Waals surface area contributed by atoms with Gasteiger partial charge in [0.25, 0.3) is 21.6 Å². The van der Waals surface area contributed by atoms with E-state index in [0.29, 0.717) is 12.4 Å². The highest BCUT2D eigenvalue weighted by atomic mass is 32.2. The van der Waals surface area contributed by atoms with Crippen LogP contribution in [0.2, 0.25) is 0 Å². The Labute approximate surface area is 213 Å². The zero-order valence-corrected chi connectivity index (χ0v) is 21.2. The minimum atomic E-state index is -4.11. The summed E-state index contributed by atoms with van der Waals surface area (Å²) in [6.07, 6.45) is 3.01. The third-order valence-electron chi connectivity index (χ3n) is 4.90. The average Bonchev–Trinajstić information content (AvgIpc) is 2.88. The van der Waals surface area contributed by atoms with Crippen LogP contribution in [0, 0.1) is 10.1 Å². The van der Waals surface area contributed by atoms with E-state index in [1.807, 2.05) is 13.2 Å². The van der Waals surface area contributed by atoms with Crippen molar-refractivity contribution >= 4 is 45.3 Å². The summed E-state index contributed by atoms with van der Waals surface area (Å²) in [6.45, 7) is 1.70. The fourth-order valence-electron chi connectivity index (χ4n) is 3.17. The Hall–Kier alpha value is -3.90. The van der Waals surface area contributed by atoms with Gasteiger partial charge in [0.2, 0.25) is 0 Å². The van der Waals surface area contributed by atoms with Crippen molar-refractivity contribution in [1.29, 1.82) is 0 Å². The maximum Gasteiger partial charge on any atom is 0.278 e. The molecule has 0 radical (unpaired) electrons. The summed E-state index contributed by atoms with van der Waals surface area (Å²) in [6, 6.07) is 18.5. The monoisotopic (exact) mass is 528 g/mol. The molecule has 0 aromatic heterocycles. The molecule has 0 aliphatic rings. The Morgan fingerprint density at radius 3 is 2.39 bits per heavy atom. The first kappa shape index (κ1) is 26.7. The van der Waals surface area contributed by atoms with E-state index in [0.717, 1.165) is 15.4 Å². The molecule has 10 nitrogen and oxygen atoms in total. The molecule has 12 heteroatoms. The molecule has 3 aromatic rings. The standard InChI is InChI=1S/C24H24N4O6S2/c1-3-34-20-10-8-19(9-11-20)27(36(32,33)22-14-12-21(35-2)13-15-22)17-24(29)26-25-16-18-6-4-5-7-23(18)28(30)31/h4-16H,3,17H2,1-2H3,(H,26,29)/b25-16-. The second-order valence-corrected chi connectivity index (χ2v) is 9.97. The van der Waals surface area contributed by atoms with Gasteiger partial charge in [-0.3, -0.25) is 19.2 Å². The van der Waals surface area contributed by atoms with E-state index >= 15 is 0 Å². The van der Waals surface area contributed by atoms with Gasteiger partial charge in [-0.2, -0.15) is 5.10 Å². The summed E-state index contributed by atoms with van der Waals surface area (Å²) < 4.78 is 33.4. The quantitative estimate of drug-likeness (QED) is 0.172. The SMILES string of the molecule is CCOc1ccc(N(CC(=O)N/N=C\c2ccccc2[N+](=O)[O-])S(=O)(=O)c2ccc(SC)cc2)cc1. The Morgan fingerprint density at radius 1 is 1.11 bits per heavy atom. The zero-order valence-electron chi connectivity index (χ0n) is 19.5. The van der Waals surface area contributed by atoms with Gasteiger partial charge in [0.15, 0.2) is 0 Å². The van der Waals surface area contributed by atoms with Gasteiger partial charge < -0.3 is 4.74 Å². The van der Waals surface area contributed by atoms with Crippen LogP contribution in [0.25, 0.3) is 0 Å². The van der Waals surface area contributed by atoms with E-state index in [-0.39, 0.29) is 21.8 Å². The van der Waals surface area contributed by atoms with Gasteiger partial charge in [0, 0.05) is 11.0 Å². The first-order chi connectivity index (χ1) is 17.3. The predicted molar refractivity (Wildman–Crippen MR) is 139 cm³/mol. The molecule has 0 atom stereocenters. The summed E-state index contributed by atoms with van der Waals surface area (Å²) in [5, 5.41) is 14.9. The van der Waals surface area contributed by atoms with Crippen LogP contribution >= 0.6 is 11.8 Å². The molecule has 188 valence electrons. The van der Waals surface area contributed by atoms with E-state index in [4.69, 9.17) is 4.74 Å². The molecule has 0 aliphatic heterocycles. The molecule has 0 spiro atoms. The fraction of sp³-hybridized carbons (Fsp3) is 0.167. The number of hydrazone groups is 1. The maximum absolute atomic E-state index is 13.5. The summed E-state index contributed by atoms with van der Waals surface area (Å²) in [4.78, 5) is 24.2. The number of ether oxygens (including phenoxy) is 1. The third-order valence-corrected chi connectivity index (χ3v) is 7.43. The normalized spacial score (nSPS) is 11.3. The molecule has 0 heterocycles. The molecule has 0 aliphatic carbocycles. The summed E-state index contributed by atoms with van der Waals surface area (Å²) in [7, 11) is -4.11. The largest absolute Gasteiger partial charge is 0.494 e. The van der Waals surface area contributed by atoms with Crippen LogP contribution in [0.5, 0.6) is 5.75 Å². The number of carbonyl (C=O) groups excluding carboxylic acids is 1. The first-order valence-electron chi connectivity index (χ1n) is 10.7. The van der Waals surface area contributed by atoms with Gasteiger partial charge in [-0.1, -0.05) is 12.1 Å². The van der Waals surface area contributed by atoms with Gasteiger partial charge >= 0.3 is 0 Å². The van der Waals surface area contributed by atoms with Crippen LogP contribution in [-0.2, 0) is 14.8 Å². The van der Waals surface area contributed by atoms with Crippen LogP contribution in [0.4, 0.5) is 11.4 Å². The van der Waals surface area contributed by atoms with Crippen LogP contribution in [0.15, 0.2) is 87.7 Å². The second-order valence-electron chi connectivity index (χ2n) is 7.22. The number of carbonyl (C=O) groups is 1. The van der Waals surface area contributed by atoms with Crippen molar-refractivity contribution in [1.82, 2.24) is 5.43 Å². The molecule has 0 saturated heterocycles. The van der Waals surface area contributed by atoms with Crippen molar-refractivity contribution in [3.63, 3.8) is 0 Å². The van der Waals surface area contributed by atoms with Crippen LogP contribution < -0.4 is 14.5 Å². The number of nitro groups is 1. The Bertz CT molecular complexity index is 1340. The smallest absolute Gasteiger partial charge is 0.278 e. The van der Waals surface area contributed by atoms with Crippen molar-refractivity contribution in [2.45, 2.75) is 16.7 Å². The zero-order chi connectivity index (χ0) is 26.1. The number of anilines is 1. The lowest BCUT2D eigenvalue weighted by molar-refractivity contribution is -0.385. The molecule has 36 heavy (non-hydrogen) atoms. The molecule has 0 unspecified atom stereocenters. The number of rotatable bonds is 11. The molecule has 0 saturated carbocycles. The lowest BCUT2D eigenvalue weighted by Gasteiger charge is -2.24. The maximum atomic E-state index is 13.5. The molecule has 0 fully saturated rings. The molecule has 0 bridgehead atoms. The number of benzene rings is 3. The van der Waals surface area contributed by atoms with Gasteiger partial charge in [0.05, 0.1) is 33.9 Å². The summed E-state index contributed by atoms with van der Waals surface area (Å²) >= 11 is 1.48. The number of thioether (sulfide) groups is 1.